The van der Waals surface area contributed by atoms with E-state index in [-0.39, 0.29) is 12.5 Å². The zero-order valence-corrected chi connectivity index (χ0v) is 10.8. The fourth-order valence-electron chi connectivity index (χ4n) is 1.90. The van der Waals surface area contributed by atoms with Crippen molar-refractivity contribution in [3.63, 3.8) is 0 Å². The number of aliphatic hydroxyl groups excluding tert-OH is 1. The minimum Gasteiger partial charge on any atom is -0.395 e. The summed E-state index contributed by atoms with van der Waals surface area (Å²) >= 11 is 0. The number of rotatable bonds is 5. The van der Waals surface area contributed by atoms with E-state index in [1.165, 1.54) is 0 Å². The van der Waals surface area contributed by atoms with Crippen molar-refractivity contribution in [1.29, 1.82) is 0 Å². The molecule has 0 saturated carbocycles. The van der Waals surface area contributed by atoms with Crippen molar-refractivity contribution in [1.82, 2.24) is 4.90 Å². The van der Waals surface area contributed by atoms with Crippen LogP contribution in [0.25, 0.3) is 0 Å². The van der Waals surface area contributed by atoms with Crippen LogP contribution in [0.2, 0.25) is 0 Å². The molecule has 1 amide bonds. The van der Waals surface area contributed by atoms with Crippen LogP contribution in [-0.4, -0.2) is 35.6 Å². The van der Waals surface area contributed by atoms with Gasteiger partial charge < -0.3 is 10.0 Å². The third-order valence-electron chi connectivity index (χ3n) is 3.07. The Labute approximate surface area is 103 Å². The molecule has 0 aliphatic heterocycles. The highest BCUT2D eigenvalue weighted by Crippen LogP contribution is 2.25. The molecular weight excluding hydrogens is 214 g/mol. The van der Waals surface area contributed by atoms with Gasteiger partial charge in [-0.1, -0.05) is 30.3 Å². The first kappa shape index (κ1) is 13.7. The van der Waals surface area contributed by atoms with Gasteiger partial charge in [-0.3, -0.25) is 4.79 Å². The highest BCUT2D eigenvalue weighted by Gasteiger charge is 2.32. The molecule has 3 nitrogen and oxygen atoms in total. The second kappa shape index (κ2) is 5.82. The van der Waals surface area contributed by atoms with Crippen LogP contribution in [0.15, 0.2) is 30.3 Å². The molecule has 0 saturated heterocycles. The summed E-state index contributed by atoms with van der Waals surface area (Å²) in [5, 5.41) is 8.96. The Morgan fingerprint density at radius 1 is 1.29 bits per heavy atom. The van der Waals surface area contributed by atoms with Gasteiger partial charge >= 0.3 is 0 Å². The predicted molar refractivity (Wildman–Crippen MR) is 68.8 cm³/mol. The number of nitrogens with zero attached hydrogens (tertiary/aromatic N) is 1. The van der Waals surface area contributed by atoms with Crippen LogP contribution >= 0.6 is 0 Å². The molecule has 0 radical (unpaired) electrons. The molecule has 0 bridgehead atoms. The van der Waals surface area contributed by atoms with E-state index in [0.717, 1.165) is 5.56 Å². The van der Waals surface area contributed by atoms with Gasteiger partial charge in [0.1, 0.15) is 0 Å². The summed E-state index contributed by atoms with van der Waals surface area (Å²) in [4.78, 5) is 14.1. The topological polar surface area (TPSA) is 40.5 Å². The molecule has 0 atom stereocenters. The SMILES string of the molecule is CCN(CCO)C(=O)C(C)(C)c1ccccc1. The molecule has 17 heavy (non-hydrogen) atoms. The van der Waals surface area contributed by atoms with Gasteiger partial charge in [-0.2, -0.15) is 0 Å². The summed E-state index contributed by atoms with van der Waals surface area (Å²) in [7, 11) is 0. The Hall–Kier alpha value is -1.35. The number of aliphatic hydroxyl groups is 1. The van der Waals surface area contributed by atoms with Crippen LogP contribution < -0.4 is 0 Å². The lowest BCUT2D eigenvalue weighted by Gasteiger charge is -2.31. The highest BCUT2D eigenvalue weighted by molar-refractivity contribution is 5.87. The third kappa shape index (κ3) is 3.07. The number of carbonyl (C=O) groups excluding carboxylic acids is 1. The molecule has 1 aromatic carbocycles. The first-order valence-electron chi connectivity index (χ1n) is 5.99. The maximum Gasteiger partial charge on any atom is 0.232 e. The van der Waals surface area contributed by atoms with E-state index in [4.69, 9.17) is 5.11 Å². The van der Waals surface area contributed by atoms with Gasteiger partial charge in [-0.25, -0.2) is 0 Å². The number of benzene rings is 1. The largest absolute Gasteiger partial charge is 0.395 e. The van der Waals surface area contributed by atoms with E-state index in [1.807, 2.05) is 51.1 Å². The van der Waals surface area contributed by atoms with Gasteiger partial charge in [0.05, 0.1) is 12.0 Å². The lowest BCUT2D eigenvalue weighted by Crippen LogP contribution is -2.44. The van der Waals surface area contributed by atoms with Crippen LogP contribution in [0, 0.1) is 0 Å². The maximum absolute atomic E-state index is 12.4. The van der Waals surface area contributed by atoms with Crippen molar-refractivity contribution >= 4 is 5.91 Å². The normalized spacial score (nSPS) is 11.3. The maximum atomic E-state index is 12.4. The zero-order chi connectivity index (χ0) is 12.9. The summed E-state index contributed by atoms with van der Waals surface area (Å²) in [5.74, 6) is 0.0558. The molecule has 1 N–H and O–H groups in total. The van der Waals surface area contributed by atoms with Gasteiger partial charge in [-0.05, 0) is 26.3 Å². The Bertz CT molecular complexity index is 360. The van der Waals surface area contributed by atoms with Crippen LogP contribution in [-0.2, 0) is 10.2 Å². The number of amides is 1. The Morgan fingerprint density at radius 2 is 1.88 bits per heavy atom. The Kier molecular flexibility index (Phi) is 4.70. The summed E-state index contributed by atoms with van der Waals surface area (Å²) in [6, 6.07) is 9.74. The first-order chi connectivity index (χ1) is 8.04. The average molecular weight is 235 g/mol. The van der Waals surface area contributed by atoms with E-state index in [1.54, 1.807) is 4.90 Å². The Morgan fingerprint density at radius 3 is 2.35 bits per heavy atom. The molecule has 0 heterocycles. The average Bonchev–Trinajstić information content (AvgIpc) is 2.36. The number of likely N-dealkylation sites (N-methyl/N-ethyl adjacent to an activating group) is 1. The van der Waals surface area contributed by atoms with E-state index in [9.17, 15) is 4.79 Å². The fourth-order valence-corrected chi connectivity index (χ4v) is 1.90. The summed E-state index contributed by atoms with van der Waals surface area (Å²) in [6.07, 6.45) is 0. The minimum atomic E-state index is -0.549. The van der Waals surface area contributed by atoms with E-state index < -0.39 is 5.41 Å². The van der Waals surface area contributed by atoms with E-state index in [0.29, 0.717) is 13.1 Å². The highest BCUT2D eigenvalue weighted by atomic mass is 16.3. The monoisotopic (exact) mass is 235 g/mol. The molecule has 0 spiro atoms. The molecule has 0 aliphatic rings. The van der Waals surface area contributed by atoms with Crippen molar-refractivity contribution in [2.45, 2.75) is 26.2 Å². The van der Waals surface area contributed by atoms with E-state index in [2.05, 4.69) is 0 Å². The first-order valence-corrected chi connectivity index (χ1v) is 5.99. The molecule has 0 unspecified atom stereocenters. The third-order valence-corrected chi connectivity index (χ3v) is 3.07. The molecule has 3 heteroatoms. The van der Waals surface area contributed by atoms with Crippen molar-refractivity contribution in [2.75, 3.05) is 19.7 Å². The molecule has 0 aromatic heterocycles. The number of hydrogen-bond donors (Lipinski definition) is 1. The second-order valence-electron chi connectivity index (χ2n) is 4.60. The van der Waals surface area contributed by atoms with Crippen molar-refractivity contribution in [2.24, 2.45) is 0 Å². The molecule has 0 aliphatic carbocycles. The number of carbonyl (C=O) groups is 1. The van der Waals surface area contributed by atoms with Crippen molar-refractivity contribution < 1.29 is 9.90 Å². The number of hydrogen-bond acceptors (Lipinski definition) is 2. The van der Waals surface area contributed by atoms with E-state index >= 15 is 0 Å². The zero-order valence-electron chi connectivity index (χ0n) is 10.8. The summed E-state index contributed by atoms with van der Waals surface area (Å²) in [6.45, 7) is 6.79. The standard InChI is InChI=1S/C14H21NO2/c1-4-15(10-11-16)13(17)14(2,3)12-8-6-5-7-9-12/h5-9,16H,4,10-11H2,1-3H3. The van der Waals surface area contributed by atoms with Crippen LogP contribution in [0.3, 0.4) is 0 Å². The molecule has 94 valence electrons. The van der Waals surface area contributed by atoms with Gasteiger partial charge in [0.2, 0.25) is 5.91 Å². The van der Waals surface area contributed by atoms with Crippen LogP contribution in [0.1, 0.15) is 26.3 Å². The molecule has 0 fully saturated rings. The van der Waals surface area contributed by atoms with Gasteiger partial charge in [0.15, 0.2) is 0 Å². The molecule has 1 rings (SSSR count). The second-order valence-corrected chi connectivity index (χ2v) is 4.60. The van der Waals surface area contributed by atoms with Crippen LogP contribution in [0.5, 0.6) is 0 Å². The quantitative estimate of drug-likeness (QED) is 0.845. The molecular formula is C14H21NO2. The predicted octanol–water partition coefficient (Wildman–Crippen LogP) is 1.80. The van der Waals surface area contributed by atoms with Gasteiger partial charge in [-0.15, -0.1) is 0 Å². The summed E-state index contributed by atoms with van der Waals surface area (Å²) in [5.41, 5.74) is 0.452. The van der Waals surface area contributed by atoms with Crippen molar-refractivity contribution in [3.05, 3.63) is 35.9 Å². The Balaban J connectivity index is 2.93. The van der Waals surface area contributed by atoms with Crippen molar-refractivity contribution in [3.8, 4) is 0 Å². The van der Waals surface area contributed by atoms with Crippen LogP contribution in [0.4, 0.5) is 0 Å². The fraction of sp³-hybridized carbons (Fsp3) is 0.500. The summed E-state index contributed by atoms with van der Waals surface area (Å²) < 4.78 is 0. The lowest BCUT2D eigenvalue weighted by atomic mass is 9.83. The smallest absolute Gasteiger partial charge is 0.232 e. The molecule has 1 aromatic rings. The van der Waals surface area contributed by atoms with Gasteiger partial charge in [0, 0.05) is 13.1 Å². The lowest BCUT2D eigenvalue weighted by molar-refractivity contribution is -0.136. The minimum absolute atomic E-state index is 0.00441. The van der Waals surface area contributed by atoms with Gasteiger partial charge in [0.25, 0.3) is 0 Å².